The minimum absolute atomic E-state index is 0.110. The number of rotatable bonds is 3. The minimum atomic E-state index is -0.894. The van der Waals surface area contributed by atoms with E-state index in [-0.39, 0.29) is 11.7 Å². The van der Waals surface area contributed by atoms with E-state index >= 15 is 0 Å². The maximum Gasteiger partial charge on any atom is 0.181 e. The lowest BCUT2D eigenvalue weighted by Gasteiger charge is -2.17. The van der Waals surface area contributed by atoms with Crippen molar-refractivity contribution in [2.24, 2.45) is 0 Å². The topological polar surface area (TPSA) is 12.0 Å². The molecule has 1 nitrogen and oxygen atoms in total. The number of hydrogen-bond donors (Lipinski definition) is 1. The van der Waals surface area contributed by atoms with Crippen LogP contribution in [-0.2, 0) is 0 Å². The highest BCUT2D eigenvalue weighted by Gasteiger charge is 2.12. The molecule has 100 valence electrons. The average Bonchev–Trinajstić information content (AvgIpc) is 2.38. The summed E-state index contributed by atoms with van der Waals surface area (Å²) >= 11 is 11.8. The van der Waals surface area contributed by atoms with Crippen molar-refractivity contribution in [3.8, 4) is 0 Å². The highest BCUT2D eigenvalue weighted by Crippen LogP contribution is 2.28. The van der Waals surface area contributed by atoms with E-state index < -0.39 is 11.6 Å². The monoisotopic (exact) mass is 301 g/mol. The summed E-state index contributed by atoms with van der Waals surface area (Å²) in [5, 5.41) is 3.77. The molecule has 0 spiro atoms. The lowest BCUT2D eigenvalue weighted by Crippen LogP contribution is -2.08. The first-order valence-corrected chi connectivity index (χ1v) is 6.40. The van der Waals surface area contributed by atoms with Crippen LogP contribution >= 0.6 is 23.2 Å². The van der Waals surface area contributed by atoms with Crippen LogP contribution in [0.3, 0.4) is 0 Å². The molecule has 0 bridgehead atoms. The molecule has 1 atom stereocenters. The Kier molecular flexibility index (Phi) is 4.27. The second-order valence-electron chi connectivity index (χ2n) is 4.14. The molecule has 0 fully saturated rings. The van der Waals surface area contributed by atoms with Crippen LogP contribution in [0.1, 0.15) is 18.5 Å². The number of nitrogens with one attached hydrogen (secondary N) is 1. The Labute approximate surface area is 120 Å². The van der Waals surface area contributed by atoms with Gasteiger partial charge >= 0.3 is 0 Å². The third-order valence-corrected chi connectivity index (χ3v) is 3.51. The van der Waals surface area contributed by atoms with Crippen LogP contribution in [0, 0.1) is 11.6 Å². The summed E-state index contributed by atoms with van der Waals surface area (Å²) in [6.07, 6.45) is 0. The number of halogens is 4. The Morgan fingerprint density at radius 1 is 1.05 bits per heavy atom. The van der Waals surface area contributed by atoms with Crippen molar-refractivity contribution in [2.75, 3.05) is 5.32 Å². The summed E-state index contributed by atoms with van der Waals surface area (Å²) in [7, 11) is 0. The summed E-state index contributed by atoms with van der Waals surface area (Å²) in [6.45, 7) is 1.82. The van der Waals surface area contributed by atoms with E-state index in [2.05, 4.69) is 5.32 Å². The van der Waals surface area contributed by atoms with Gasteiger partial charge < -0.3 is 5.32 Å². The van der Waals surface area contributed by atoms with Crippen LogP contribution in [0.5, 0.6) is 0 Å². The van der Waals surface area contributed by atoms with Crippen molar-refractivity contribution in [2.45, 2.75) is 13.0 Å². The van der Waals surface area contributed by atoms with Gasteiger partial charge in [-0.1, -0.05) is 35.3 Å². The van der Waals surface area contributed by atoms with E-state index in [1.54, 1.807) is 18.2 Å². The summed E-state index contributed by atoms with van der Waals surface area (Å²) in [5.41, 5.74) is 0.941. The first kappa shape index (κ1) is 14.1. The Morgan fingerprint density at radius 2 is 1.79 bits per heavy atom. The zero-order valence-corrected chi connectivity index (χ0v) is 11.6. The van der Waals surface area contributed by atoms with E-state index in [0.717, 1.165) is 11.6 Å². The molecule has 0 saturated heterocycles. The largest absolute Gasteiger partial charge is 0.376 e. The molecule has 19 heavy (non-hydrogen) atoms. The van der Waals surface area contributed by atoms with Crippen LogP contribution in [0.25, 0.3) is 0 Å². The summed E-state index contributed by atoms with van der Waals surface area (Å²) < 4.78 is 26.6. The van der Waals surface area contributed by atoms with Gasteiger partial charge in [-0.2, -0.15) is 0 Å². The molecule has 1 unspecified atom stereocenters. The average molecular weight is 302 g/mol. The zero-order valence-electron chi connectivity index (χ0n) is 10.1. The Balaban J connectivity index is 2.23. The second kappa shape index (κ2) is 5.76. The van der Waals surface area contributed by atoms with E-state index in [0.29, 0.717) is 10.0 Å². The molecule has 0 aliphatic heterocycles. The lowest BCUT2D eigenvalue weighted by molar-refractivity contribution is 0.510. The highest BCUT2D eigenvalue weighted by molar-refractivity contribution is 6.42. The van der Waals surface area contributed by atoms with Gasteiger partial charge in [-0.15, -0.1) is 0 Å². The van der Waals surface area contributed by atoms with Crippen molar-refractivity contribution in [3.63, 3.8) is 0 Å². The number of hydrogen-bond acceptors (Lipinski definition) is 1. The van der Waals surface area contributed by atoms with Crippen LogP contribution in [-0.4, -0.2) is 0 Å². The van der Waals surface area contributed by atoms with E-state index in [4.69, 9.17) is 23.2 Å². The van der Waals surface area contributed by atoms with Crippen LogP contribution in [0.4, 0.5) is 14.5 Å². The predicted molar refractivity (Wildman–Crippen MR) is 74.9 cm³/mol. The quantitative estimate of drug-likeness (QED) is 0.795. The normalized spacial score (nSPS) is 12.3. The van der Waals surface area contributed by atoms with E-state index in [9.17, 15) is 8.78 Å². The fraction of sp³-hybridized carbons (Fsp3) is 0.143. The SMILES string of the molecule is CC(Nc1cccc(F)c1F)c1ccc(Cl)c(Cl)c1. The maximum atomic E-state index is 13.5. The van der Waals surface area contributed by atoms with Gasteiger partial charge in [0.25, 0.3) is 0 Å². The Morgan fingerprint density at radius 3 is 2.47 bits per heavy atom. The third kappa shape index (κ3) is 3.17. The van der Waals surface area contributed by atoms with Gasteiger partial charge in [0.2, 0.25) is 0 Å². The number of benzene rings is 2. The zero-order chi connectivity index (χ0) is 14.0. The van der Waals surface area contributed by atoms with Crippen molar-refractivity contribution in [1.29, 1.82) is 0 Å². The molecule has 2 rings (SSSR count). The Bertz CT molecular complexity index is 602. The molecule has 1 N–H and O–H groups in total. The van der Waals surface area contributed by atoms with Crippen LogP contribution in [0.15, 0.2) is 36.4 Å². The van der Waals surface area contributed by atoms with Gasteiger partial charge in [-0.25, -0.2) is 8.78 Å². The molecule has 2 aromatic carbocycles. The molecule has 0 aliphatic rings. The smallest absolute Gasteiger partial charge is 0.181 e. The van der Waals surface area contributed by atoms with Gasteiger partial charge in [0.15, 0.2) is 11.6 Å². The summed E-state index contributed by atoms with van der Waals surface area (Å²) in [6, 6.07) is 8.91. The highest BCUT2D eigenvalue weighted by atomic mass is 35.5. The molecule has 2 aromatic rings. The molecule has 0 radical (unpaired) electrons. The summed E-state index contributed by atoms with van der Waals surface area (Å²) in [4.78, 5) is 0. The van der Waals surface area contributed by atoms with E-state index in [1.165, 1.54) is 12.1 Å². The first-order valence-electron chi connectivity index (χ1n) is 5.64. The molecule has 0 aliphatic carbocycles. The number of anilines is 1. The molecule has 0 amide bonds. The second-order valence-corrected chi connectivity index (χ2v) is 4.96. The van der Waals surface area contributed by atoms with Gasteiger partial charge in [0, 0.05) is 6.04 Å². The van der Waals surface area contributed by atoms with E-state index in [1.807, 2.05) is 6.92 Å². The third-order valence-electron chi connectivity index (χ3n) is 2.77. The first-order chi connectivity index (χ1) is 8.99. The standard InChI is InChI=1S/C14H11Cl2F2N/c1-8(9-5-6-10(15)11(16)7-9)19-13-4-2-3-12(17)14(13)18/h2-8,19H,1H3. The van der Waals surface area contributed by atoms with Gasteiger partial charge in [0.05, 0.1) is 15.7 Å². The minimum Gasteiger partial charge on any atom is -0.376 e. The lowest BCUT2D eigenvalue weighted by atomic mass is 10.1. The summed E-state index contributed by atoms with van der Waals surface area (Å²) in [5.74, 6) is -1.78. The van der Waals surface area contributed by atoms with Crippen LogP contribution < -0.4 is 5.32 Å². The maximum absolute atomic E-state index is 13.5. The van der Waals surface area contributed by atoms with Gasteiger partial charge in [-0.05, 0) is 36.8 Å². The van der Waals surface area contributed by atoms with Crippen LogP contribution in [0.2, 0.25) is 10.0 Å². The fourth-order valence-electron chi connectivity index (χ4n) is 1.71. The molecule has 0 heterocycles. The van der Waals surface area contributed by atoms with Crippen molar-refractivity contribution in [1.82, 2.24) is 0 Å². The fourth-order valence-corrected chi connectivity index (χ4v) is 2.02. The van der Waals surface area contributed by atoms with Crippen molar-refractivity contribution in [3.05, 3.63) is 63.6 Å². The van der Waals surface area contributed by atoms with Gasteiger partial charge in [-0.3, -0.25) is 0 Å². The Hall–Kier alpha value is -1.32. The molecular weight excluding hydrogens is 291 g/mol. The molecule has 0 saturated carbocycles. The molecule has 5 heteroatoms. The van der Waals surface area contributed by atoms with Crippen molar-refractivity contribution < 1.29 is 8.78 Å². The molecule has 0 aromatic heterocycles. The van der Waals surface area contributed by atoms with Gasteiger partial charge in [0.1, 0.15) is 0 Å². The predicted octanol–water partition coefficient (Wildman–Crippen LogP) is 5.44. The van der Waals surface area contributed by atoms with Crippen molar-refractivity contribution >= 4 is 28.9 Å². The molecular formula is C14H11Cl2F2N.